The topological polar surface area (TPSA) is 63.1 Å². The van der Waals surface area contributed by atoms with Gasteiger partial charge in [0.05, 0.1) is 0 Å². The average Bonchev–Trinajstić information content (AvgIpc) is 2.95. The van der Waals surface area contributed by atoms with Crippen LogP contribution in [-0.2, 0) is 7.05 Å². The van der Waals surface area contributed by atoms with Gasteiger partial charge in [0.15, 0.2) is 0 Å². The summed E-state index contributed by atoms with van der Waals surface area (Å²) in [6.07, 6.45) is 5.31. The molecule has 23 heavy (non-hydrogen) atoms. The number of nitrogens with one attached hydrogen (secondary N) is 1. The number of aromatic nitrogens is 3. The molecule has 1 amide bonds. The van der Waals surface area contributed by atoms with Crippen molar-refractivity contribution in [3.63, 3.8) is 0 Å². The van der Waals surface area contributed by atoms with Crippen LogP contribution < -0.4 is 10.2 Å². The molecule has 0 spiro atoms. The third-order valence-electron chi connectivity index (χ3n) is 4.20. The maximum atomic E-state index is 12.2. The molecule has 3 heterocycles. The SMILES string of the molecule is Cc1cc(Br)cnc1N1CCC(NC(=O)c2ccnn2C)CC1. The van der Waals surface area contributed by atoms with E-state index in [1.807, 2.05) is 6.20 Å². The molecular formula is C16H20BrN5O. The van der Waals surface area contributed by atoms with Crippen LogP contribution in [0.2, 0.25) is 0 Å². The van der Waals surface area contributed by atoms with Gasteiger partial charge in [-0.1, -0.05) is 0 Å². The van der Waals surface area contributed by atoms with Crippen LogP contribution in [0.25, 0.3) is 0 Å². The van der Waals surface area contributed by atoms with Crippen LogP contribution in [0.15, 0.2) is 29.0 Å². The van der Waals surface area contributed by atoms with E-state index in [0.717, 1.165) is 41.8 Å². The molecule has 0 aromatic carbocycles. The first-order valence-corrected chi connectivity index (χ1v) is 8.50. The van der Waals surface area contributed by atoms with Crippen molar-refractivity contribution < 1.29 is 4.79 Å². The molecule has 1 aliphatic rings. The highest BCUT2D eigenvalue weighted by Gasteiger charge is 2.23. The highest BCUT2D eigenvalue weighted by atomic mass is 79.9. The van der Waals surface area contributed by atoms with E-state index in [-0.39, 0.29) is 11.9 Å². The predicted octanol–water partition coefficient (Wildman–Crippen LogP) is 2.28. The van der Waals surface area contributed by atoms with E-state index in [1.165, 1.54) is 0 Å². The fourth-order valence-electron chi connectivity index (χ4n) is 2.96. The Morgan fingerprint density at radius 1 is 1.39 bits per heavy atom. The van der Waals surface area contributed by atoms with Gasteiger partial charge in [0.1, 0.15) is 11.5 Å². The number of pyridine rings is 1. The Bertz CT molecular complexity index is 706. The van der Waals surface area contributed by atoms with Gasteiger partial charge < -0.3 is 10.2 Å². The number of carbonyl (C=O) groups excluding carboxylic acids is 1. The normalized spacial score (nSPS) is 15.7. The number of anilines is 1. The van der Waals surface area contributed by atoms with Crippen LogP contribution in [0, 0.1) is 6.92 Å². The van der Waals surface area contributed by atoms with Gasteiger partial charge in [-0.25, -0.2) is 4.98 Å². The molecule has 122 valence electrons. The van der Waals surface area contributed by atoms with Crippen molar-refractivity contribution in [2.24, 2.45) is 7.05 Å². The summed E-state index contributed by atoms with van der Waals surface area (Å²) in [5, 5.41) is 7.14. The zero-order valence-corrected chi connectivity index (χ0v) is 14.9. The predicted molar refractivity (Wildman–Crippen MR) is 92.6 cm³/mol. The summed E-state index contributed by atoms with van der Waals surface area (Å²) in [6, 6.07) is 4.02. The van der Waals surface area contributed by atoms with Gasteiger partial charge in [-0.3, -0.25) is 9.48 Å². The lowest BCUT2D eigenvalue weighted by atomic mass is 10.0. The van der Waals surface area contributed by atoms with E-state index < -0.39 is 0 Å². The largest absolute Gasteiger partial charge is 0.356 e. The van der Waals surface area contributed by atoms with Gasteiger partial charge in [0, 0.05) is 43.0 Å². The summed E-state index contributed by atoms with van der Waals surface area (Å²) in [6.45, 7) is 3.86. The summed E-state index contributed by atoms with van der Waals surface area (Å²) in [4.78, 5) is 19.0. The molecule has 2 aromatic rings. The van der Waals surface area contributed by atoms with Crippen molar-refractivity contribution in [1.82, 2.24) is 20.1 Å². The number of amides is 1. The second-order valence-corrected chi connectivity index (χ2v) is 6.78. The molecule has 6 nitrogen and oxygen atoms in total. The third kappa shape index (κ3) is 3.55. The van der Waals surface area contributed by atoms with Crippen LogP contribution >= 0.6 is 15.9 Å². The number of rotatable bonds is 3. The van der Waals surface area contributed by atoms with E-state index in [9.17, 15) is 4.79 Å². The minimum absolute atomic E-state index is 0.0543. The number of piperidine rings is 1. The highest BCUT2D eigenvalue weighted by Crippen LogP contribution is 2.24. The first kappa shape index (κ1) is 16.0. The van der Waals surface area contributed by atoms with Crippen molar-refractivity contribution in [1.29, 1.82) is 0 Å². The van der Waals surface area contributed by atoms with Crippen LogP contribution in [-0.4, -0.2) is 39.8 Å². The fourth-order valence-corrected chi connectivity index (χ4v) is 3.40. The lowest BCUT2D eigenvalue weighted by molar-refractivity contribution is 0.0921. The lowest BCUT2D eigenvalue weighted by Crippen LogP contribution is -2.45. The van der Waals surface area contributed by atoms with Crippen LogP contribution in [0.3, 0.4) is 0 Å². The Morgan fingerprint density at radius 3 is 2.74 bits per heavy atom. The average molecular weight is 378 g/mol. The summed E-state index contributed by atoms with van der Waals surface area (Å²) in [5.41, 5.74) is 1.76. The molecule has 3 rings (SSSR count). The van der Waals surface area contributed by atoms with Crippen molar-refractivity contribution in [3.8, 4) is 0 Å². The maximum absolute atomic E-state index is 12.2. The molecule has 1 N–H and O–H groups in total. The zero-order valence-electron chi connectivity index (χ0n) is 13.3. The number of aryl methyl sites for hydroxylation is 2. The summed E-state index contributed by atoms with van der Waals surface area (Å²) in [7, 11) is 1.78. The lowest BCUT2D eigenvalue weighted by Gasteiger charge is -2.33. The van der Waals surface area contributed by atoms with Crippen molar-refractivity contribution >= 4 is 27.7 Å². The van der Waals surface area contributed by atoms with Crippen LogP contribution in [0.5, 0.6) is 0 Å². The second-order valence-electron chi connectivity index (χ2n) is 5.87. The van der Waals surface area contributed by atoms with Gasteiger partial charge in [-0.2, -0.15) is 5.10 Å². The van der Waals surface area contributed by atoms with Crippen LogP contribution in [0.1, 0.15) is 28.9 Å². The smallest absolute Gasteiger partial charge is 0.269 e. The molecule has 7 heteroatoms. The molecule has 1 saturated heterocycles. The summed E-state index contributed by atoms with van der Waals surface area (Å²) < 4.78 is 2.59. The van der Waals surface area contributed by atoms with Gasteiger partial charge in [-0.15, -0.1) is 0 Å². The molecule has 0 aliphatic carbocycles. The quantitative estimate of drug-likeness (QED) is 0.890. The van der Waals surface area contributed by atoms with E-state index >= 15 is 0 Å². The monoisotopic (exact) mass is 377 g/mol. The Hall–Kier alpha value is -1.89. The Kier molecular flexibility index (Phi) is 4.66. The van der Waals surface area contributed by atoms with Crippen molar-refractivity contribution in [2.45, 2.75) is 25.8 Å². The van der Waals surface area contributed by atoms with Crippen LogP contribution in [0.4, 0.5) is 5.82 Å². The molecule has 0 saturated carbocycles. The van der Waals surface area contributed by atoms with Gasteiger partial charge in [0.2, 0.25) is 0 Å². The van der Waals surface area contributed by atoms with Crippen molar-refractivity contribution in [2.75, 3.05) is 18.0 Å². The minimum atomic E-state index is -0.0543. The molecule has 1 aliphatic heterocycles. The molecule has 0 radical (unpaired) electrons. The first-order chi connectivity index (χ1) is 11.0. The zero-order chi connectivity index (χ0) is 16.4. The van der Waals surface area contributed by atoms with E-state index in [0.29, 0.717) is 5.69 Å². The number of nitrogens with zero attached hydrogens (tertiary/aromatic N) is 4. The molecule has 1 fully saturated rings. The highest BCUT2D eigenvalue weighted by molar-refractivity contribution is 9.10. The van der Waals surface area contributed by atoms with E-state index in [2.05, 4.69) is 49.2 Å². The maximum Gasteiger partial charge on any atom is 0.269 e. The minimum Gasteiger partial charge on any atom is -0.356 e. The number of halogens is 1. The summed E-state index contributed by atoms with van der Waals surface area (Å²) in [5.74, 6) is 0.978. The third-order valence-corrected chi connectivity index (χ3v) is 4.63. The van der Waals surface area contributed by atoms with E-state index in [4.69, 9.17) is 0 Å². The number of hydrogen-bond donors (Lipinski definition) is 1. The van der Waals surface area contributed by atoms with Gasteiger partial charge >= 0.3 is 0 Å². The van der Waals surface area contributed by atoms with Crippen molar-refractivity contribution in [3.05, 3.63) is 40.3 Å². The number of hydrogen-bond acceptors (Lipinski definition) is 4. The number of carbonyl (C=O) groups is 1. The first-order valence-electron chi connectivity index (χ1n) is 7.70. The fraction of sp³-hybridized carbons (Fsp3) is 0.438. The molecule has 0 atom stereocenters. The van der Waals surface area contributed by atoms with Gasteiger partial charge in [-0.05, 0) is 53.4 Å². The van der Waals surface area contributed by atoms with E-state index in [1.54, 1.807) is 24.0 Å². The molecule has 2 aromatic heterocycles. The Balaban J connectivity index is 1.58. The Labute approximate surface area is 144 Å². The Morgan fingerprint density at radius 2 is 2.13 bits per heavy atom. The summed E-state index contributed by atoms with van der Waals surface area (Å²) >= 11 is 3.45. The second kappa shape index (κ2) is 6.70. The molecular weight excluding hydrogens is 358 g/mol. The molecule has 0 unspecified atom stereocenters. The van der Waals surface area contributed by atoms with Gasteiger partial charge in [0.25, 0.3) is 5.91 Å². The molecule has 0 bridgehead atoms. The standard InChI is InChI=1S/C16H20BrN5O/c1-11-9-12(17)10-18-15(11)22-7-4-13(5-8-22)20-16(23)14-3-6-19-21(14)2/h3,6,9-10,13H,4-5,7-8H2,1-2H3,(H,20,23).